The number of carbonyl (C=O) groups is 2. The minimum absolute atomic E-state index is 0. The molecule has 2 fully saturated rings. The first-order chi connectivity index (χ1) is 18.4. The molecule has 0 aromatic carbocycles. The molecule has 222 valence electrons. The zero-order valence-corrected chi connectivity index (χ0v) is 27.8. The molecule has 0 aromatic heterocycles. The van der Waals surface area contributed by atoms with Gasteiger partial charge in [0.05, 0.1) is 32.8 Å². The molecule has 0 spiro atoms. The summed E-state index contributed by atoms with van der Waals surface area (Å²) in [4.78, 5) is 23.5. The molecular weight excluding hydrogens is 718 g/mol. The van der Waals surface area contributed by atoms with Crippen molar-refractivity contribution in [2.24, 2.45) is 0 Å². The molecule has 0 aliphatic carbocycles. The Labute approximate surface area is 254 Å². The van der Waals surface area contributed by atoms with E-state index in [4.69, 9.17) is 20.3 Å². The maximum absolute atomic E-state index is 11.8. The number of hydrogen-bond acceptors (Lipinski definition) is 9. The van der Waals surface area contributed by atoms with Gasteiger partial charge in [0.1, 0.15) is 6.10 Å². The quantitative estimate of drug-likeness (QED) is 0.0998. The summed E-state index contributed by atoms with van der Waals surface area (Å²) in [7, 11) is 6.99. The molecule has 2 saturated heterocycles. The second-order valence-electron chi connectivity index (χ2n) is 9.38. The molecule has 2 rings (SSSR count). The van der Waals surface area contributed by atoms with E-state index < -0.39 is 24.8 Å². The zero-order chi connectivity index (χ0) is 28.2. The van der Waals surface area contributed by atoms with Crippen LogP contribution in [0.4, 0.5) is 0 Å². The summed E-state index contributed by atoms with van der Waals surface area (Å²) in [6.45, 7) is 3.63. The normalized spacial score (nSPS) is 26.6. The standard InChI is InChI=1S/C13H25N2O4.C13H26N2O3.U/c1-14-7-5-3-4-6-12(16)15-10-8-19-11(9-18-2)13(10)17;1-14-8-5-3-4-6-13(16)15-11-7-9-18-12(11)10-17-2;/h8,10-11,13-14,17H,3-7,9H2,1-2H3,(H,15,16);11-12,14H,3-10H2,1-2H3,(H,15,16);/q-1;;/i;9T;. The van der Waals surface area contributed by atoms with Crippen LogP contribution >= 0.6 is 0 Å². The third kappa shape index (κ3) is 16.7. The average Bonchev–Trinajstić information content (AvgIpc) is 3.40. The third-order valence-corrected chi connectivity index (χ3v) is 6.22. The van der Waals surface area contributed by atoms with Crippen LogP contribution in [0, 0.1) is 37.7 Å². The first-order valence-electron chi connectivity index (χ1n) is 14.0. The molecule has 2 aliphatic rings. The molecule has 6 unspecified atom stereocenters. The SMILES string of the molecule is CNCCCCCC(=O)NC1[CH-]OC(COC)C1O.[3H]C1CC(NC(=O)CCCCCNC)C(COC)O1.[U]. The van der Waals surface area contributed by atoms with E-state index in [9.17, 15) is 14.7 Å². The average molecular weight is 772 g/mol. The van der Waals surface area contributed by atoms with Crippen LogP contribution in [-0.2, 0) is 28.5 Å². The Kier molecular flexibility index (Phi) is 23.0. The second kappa shape index (κ2) is 24.5. The van der Waals surface area contributed by atoms with Crippen molar-refractivity contribution in [3.8, 4) is 0 Å². The van der Waals surface area contributed by atoms with Crippen LogP contribution in [0.2, 0.25) is 0 Å². The molecular formula is C26H51N4O7U-. The number of amides is 2. The van der Waals surface area contributed by atoms with Gasteiger partial charge in [0, 0.05) is 64.8 Å². The number of methoxy groups -OCH3 is 2. The van der Waals surface area contributed by atoms with Crippen LogP contribution in [-0.4, -0.2) is 109 Å². The minimum Gasteiger partial charge on any atom is -0.544 e. The van der Waals surface area contributed by atoms with Crippen molar-refractivity contribution >= 4 is 11.8 Å². The van der Waals surface area contributed by atoms with Crippen LogP contribution in [0.25, 0.3) is 0 Å². The van der Waals surface area contributed by atoms with Crippen molar-refractivity contribution in [3.63, 3.8) is 0 Å². The summed E-state index contributed by atoms with van der Waals surface area (Å²) < 4.78 is 28.2. The first-order valence-corrected chi connectivity index (χ1v) is 13.5. The van der Waals surface area contributed by atoms with Crippen LogP contribution in [0.15, 0.2) is 0 Å². The maximum atomic E-state index is 11.8. The fourth-order valence-corrected chi connectivity index (χ4v) is 4.07. The van der Waals surface area contributed by atoms with Gasteiger partial charge >= 0.3 is 0 Å². The van der Waals surface area contributed by atoms with Gasteiger partial charge in [-0.15, -0.1) is 0 Å². The van der Waals surface area contributed by atoms with Crippen LogP contribution < -0.4 is 21.3 Å². The number of aliphatic hydroxyl groups is 1. The molecule has 5 N–H and O–H groups in total. The van der Waals surface area contributed by atoms with Crippen LogP contribution in [0.5, 0.6) is 0 Å². The number of hydrogen-bond donors (Lipinski definition) is 5. The van der Waals surface area contributed by atoms with E-state index in [1.54, 1.807) is 14.2 Å². The molecule has 2 heterocycles. The Morgan fingerprint density at radius 1 is 0.921 bits per heavy atom. The Morgan fingerprint density at radius 2 is 1.47 bits per heavy atom. The van der Waals surface area contributed by atoms with Crippen molar-refractivity contribution < 1.29 is 66.1 Å². The maximum Gasteiger partial charge on any atom is 0.220 e. The van der Waals surface area contributed by atoms with Gasteiger partial charge in [0.25, 0.3) is 0 Å². The van der Waals surface area contributed by atoms with Gasteiger partial charge in [-0.05, 0) is 65.3 Å². The molecule has 0 aromatic rings. The number of aliphatic hydroxyl groups excluding tert-OH is 1. The molecule has 0 bridgehead atoms. The van der Waals surface area contributed by atoms with Crippen molar-refractivity contribution in [2.75, 3.05) is 61.2 Å². The Morgan fingerprint density at radius 3 is 2.03 bits per heavy atom. The smallest absolute Gasteiger partial charge is 0.220 e. The topological polar surface area (TPSA) is 139 Å². The summed E-state index contributed by atoms with van der Waals surface area (Å²) in [6.07, 6.45) is 6.24. The fourth-order valence-electron chi connectivity index (χ4n) is 4.07. The number of unbranched alkanes of at least 4 members (excludes halogenated alkanes) is 4. The Bertz CT molecular complexity index is 641. The summed E-state index contributed by atoms with van der Waals surface area (Å²) in [5, 5.41) is 21.8. The van der Waals surface area contributed by atoms with E-state index in [2.05, 4.69) is 21.3 Å². The second-order valence-corrected chi connectivity index (χ2v) is 9.38. The van der Waals surface area contributed by atoms with Crippen molar-refractivity contribution in [2.45, 2.75) is 88.2 Å². The van der Waals surface area contributed by atoms with E-state index >= 15 is 0 Å². The summed E-state index contributed by atoms with van der Waals surface area (Å²) in [6, 6.07) is -0.530. The van der Waals surface area contributed by atoms with E-state index in [1.165, 1.54) is 6.61 Å². The van der Waals surface area contributed by atoms with Crippen molar-refractivity contribution in [1.82, 2.24) is 21.3 Å². The third-order valence-electron chi connectivity index (χ3n) is 6.22. The van der Waals surface area contributed by atoms with Crippen LogP contribution in [0.1, 0.15) is 59.2 Å². The molecule has 2 amide bonds. The Hall–Kier alpha value is -0.288. The fraction of sp³-hybridized carbons (Fsp3) is 0.885. The summed E-state index contributed by atoms with van der Waals surface area (Å²) in [5.74, 6) is -0.000291. The minimum atomic E-state index is -0.742. The first kappa shape index (κ1) is 35.7. The monoisotopic (exact) mass is 771 g/mol. The zero-order valence-electron chi connectivity index (χ0n) is 24.6. The molecule has 11 nitrogen and oxygen atoms in total. The molecule has 0 radical (unpaired) electrons. The van der Waals surface area contributed by atoms with Gasteiger partial charge < -0.3 is 45.3 Å². The molecule has 2 aliphatic heterocycles. The number of rotatable bonds is 18. The van der Waals surface area contributed by atoms with Gasteiger partial charge in [-0.2, -0.15) is 6.61 Å². The predicted molar refractivity (Wildman–Crippen MR) is 142 cm³/mol. The van der Waals surface area contributed by atoms with E-state index in [1.807, 2.05) is 14.1 Å². The largest absolute Gasteiger partial charge is 0.544 e. The van der Waals surface area contributed by atoms with Gasteiger partial charge in [0.15, 0.2) is 0 Å². The van der Waals surface area contributed by atoms with E-state index in [0.29, 0.717) is 32.5 Å². The number of carbonyl (C=O) groups excluding carboxylic acids is 2. The van der Waals surface area contributed by atoms with Gasteiger partial charge in [-0.3, -0.25) is 9.59 Å². The number of nitrogens with one attached hydrogen (secondary N) is 4. The summed E-state index contributed by atoms with van der Waals surface area (Å²) >= 11 is 0. The number of ether oxygens (including phenoxy) is 4. The summed E-state index contributed by atoms with van der Waals surface area (Å²) in [5.41, 5.74) is 0. The van der Waals surface area contributed by atoms with Gasteiger partial charge in [0.2, 0.25) is 11.8 Å². The molecule has 38 heavy (non-hydrogen) atoms. The predicted octanol–water partition coefficient (Wildman–Crippen LogP) is 0.505. The Balaban J connectivity index is 0.000000722. The van der Waals surface area contributed by atoms with Gasteiger partial charge in [-0.1, -0.05) is 12.8 Å². The van der Waals surface area contributed by atoms with Crippen molar-refractivity contribution in [3.05, 3.63) is 6.61 Å². The van der Waals surface area contributed by atoms with Gasteiger partial charge in [-0.25, -0.2) is 0 Å². The molecule has 6 atom stereocenters. The molecule has 0 saturated carbocycles. The molecule has 12 heteroatoms. The van der Waals surface area contributed by atoms with Crippen molar-refractivity contribution in [1.29, 1.82) is 0 Å². The van der Waals surface area contributed by atoms with Crippen LogP contribution in [0.3, 0.4) is 0 Å². The van der Waals surface area contributed by atoms with E-state index in [0.717, 1.165) is 51.6 Å². The van der Waals surface area contributed by atoms with E-state index in [-0.39, 0.29) is 55.1 Å².